The van der Waals surface area contributed by atoms with E-state index in [1.807, 2.05) is 0 Å². The fraction of sp³-hybridized carbons (Fsp3) is 0.964. The van der Waals surface area contributed by atoms with Crippen molar-refractivity contribution in [1.29, 1.82) is 0 Å². The van der Waals surface area contributed by atoms with E-state index in [2.05, 4.69) is 41.5 Å². The van der Waals surface area contributed by atoms with E-state index in [0.29, 0.717) is 41.8 Å². The third-order valence-corrected chi connectivity index (χ3v) is 12.0. The molecule has 0 unspecified atom stereocenters. The topological polar surface area (TPSA) is 70.1 Å². The first kappa shape index (κ1) is 23.3. The van der Waals surface area contributed by atoms with E-state index in [-0.39, 0.29) is 34.1 Å². The Morgan fingerprint density at radius 1 is 1.06 bits per heavy atom. The van der Waals surface area contributed by atoms with Gasteiger partial charge in [0.2, 0.25) is 0 Å². The summed E-state index contributed by atoms with van der Waals surface area (Å²) in [4.78, 5) is 12.2. The molecule has 32 heavy (non-hydrogen) atoms. The van der Waals surface area contributed by atoms with Crippen LogP contribution >= 0.6 is 0 Å². The molecule has 0 spiro atoms. The molecule has 2 N–H and O–H groups in total. The number of rotatable bonds is 4. The third kappa shape index (κ3) is 3.14. The molecule has 0 amide bonds. The van der Waals surface area contributed by atoms with Crippen LogP contribution in [0.2, 0.25) is 0 Å². The predicted molar refractivity (Wildman–Crippen MR) is 125 cm³/mol. The Bertz CT molecular complexity index is 777. The number of hydrogen-bond donors (Lipinski definition) is 2. The fourth-order valence-electron chi connectivity index (χ4n) is 9.99. The van der Waals surface area contributed by atoms with Crippen molar-refractivity contribution in [2.75, 3.05) is 0 Å². The normalized spacial score (nSPS) is 53.7. The molecule has 182 valence electrons. The number of carbonyl (C=O) groups is 1. The van der Waals surface area contributed by atoms with Crippen LogP contribution in [0.15, 0.2) is 0 Å². The van der Waals surface area contributed by atoms with E-state index in [1.54, 1.807) is 0 Å². The quantitative estimate of drug-likeness (QED) is 0.587. The Hall–Kier alpha value is -0.450. The molecule has 1 heterocycles. The molecule has 4 saturated carbocycles. The van der Waals surface area contributed by atoms with Crippen LogP contribution in [0.5, 0.6) is 0 Å². The van der Waals surface area contributed by atoms with E-state index in [1.165, 1.54) is 12.8 Å². The lowest BCUT2D eigenvalue weighted by atomic mass is 9.37. The Labute approximate surface area is 194 Å². The number of carbonyl (C=O) groups excluding carboxylic acids is 1. The molecule has 0 aromatic rings. The van der Waals surface area contributed by atoms with Crippen LogP contribution in [0.3, 0.4) is 0 Å². The van der Waals surface area contributed by atoms with Crippen molar-refractivity contribution >= 4 is 5.78 Å². The summed E-state index contributed by atoms with van der Waals surface area (Å²) >= 11 is 0. The van der Waals surface area contributed by atoms with Crippen LogP contribution in [0, 0.1) is 45.8 Å². The van der Waals surface area contributed by atoms with Crippen LogP contribution in [0.25, 0.3) is 0 Å². The minimum Gasteiger partial charge on any atom is -0.393 e. The largest absolute Gasteiger partial charge is 0.393 e. The number of aliphatic hydroxyl groups excluding tert-OH is 2. The zero-order valence-electron chi connectivity index (χ0n) is 21.2. The van der Waals surface area contributed by atoms with E-state index in [4.69, 9.17) is 4.74 Å². The highest BCUT2D eigenvalue weighted by molar-refractivity contribution is 5.79. The van der Waals surface area contributed by atoms with Crippen molar-refractivity contribution in [3.05, 3.63) is 0 Å². The molecule has 0 aromatic heterocycles. The first-order valence-electron chi connectivity index (χ1n) is 13.4. The van der Waals surface area contributed by atoms with Gasteiger partial charge in [0.1, 0.15) is 11.9 Å². The van der Waals surface area contributed by atoms with Crippen molar-refractivity contribution in [1.82, 2.24) is 0 Å². The molecule has 0 aromatic carbocycles. The smallest absolute Gasteiger partial charge is 0.133 e. The molecule has 5 rings (SSSR count). The molecule has 5 aliphatic rings. The lowest BCUT2D eigenvalue weighted by molar-refractivity contribution is -0.224. The van der Waals surface area contributed by atoms with Gasteiger partial charge in [-0.1, -0.05) is 27.7 Å². The fourth-order valence-corrected chi connectivity index (χ4v) is 9.99. The van der Waals surface area contributed by atoms with E-state index in [9.17, 15) is 15.0 Å². The van der Waals surface area contributed by atoms with Gasteiger partial charge < -0.3 is 14.9 Å². The molecule has 4 aliphatic carbocycles. The lowest BCUT2D eigenvalue weighted by Gasteiger charge is -2.68. The van der Waals surface area contributed by atoms with Gasteiger partial charge in [-0.05, 0) is 105 Å². The zero-order chi connectivity index (χ0) is 23.3. The predicted octanol–water partition coefficient (Wildman–Crippen LogP) is 5.14. The molecule has 1 aliphatic heterocycles. The van der Waals surface area contributed by atoms with Gasteiger partial charge >= 0.3 is 0 Å². The number of hydrogen-bond acceptors (Lipinski definition) is 4. The van der Waals surface area contributed by atoms with Crippen molar-refractivity contribution in [3.8, 4) is 0 Å². The van der Waals surface area contributed by atoms with Crippen LogP contribution in [0.4, 0.5) is 0 Å². The van der Waals surface area contributed by atoms with Crippen LogP contribution in [-0.4, -0.2) is 39.9 Å². The van der Waals surface area contributed by atoms with Crippen molar-refractivity contribution in [2.45, 2.75) is 123 Å². The van der Waals surface area contributed by atoms with Crippen molar-refractivity contribution < 1.29 is 19.7 Å². The van der Waals surface area contributed by atoms with Gasteiger partial charge in [-0.2, -0.15) is 0 Å². The number of fused-ring (bicyclic) bond motifs is 5. The van der Waals surface area contributed by atoms with Crippen LogP contribution in [-0.2, 0) is 9.53 Å². The summed E-state index contributed by atoms with van der Waals surface area (Å²) in [5, 5.41) is 22.5. The maximum atomic E-state index is 12.2. The number of epoxide rings is 1. The molecule has 4 nitrogen and oxygen atoms in total. The van der Waals surface area contributed by atoms with Gasteiger partial charge in [0.05, 0.1) is 17.8 Å². The van der Waals surface area contributed by atoms with Gasteiger partial charge in [-0.25, -0.2) is 0 Å². The Morgan fingerprint density at radius 2 is 1.72 bits per heavy atom. The summed E-state index contributed by atoms with van der Waals surface area (Å²) in [5.41, 5.74) is 0.255. The molecular formula is C28H46O4. The molecule has 0 radical (unpaired) electrons. The van der Waals surface area contributed by atoms with Crippen molar-refractivity contribution in [3.63, 3.8) is 0 Å². The Balaban J connectivity index is 1.38. The summed E-state index contributed by atoms with van der Waals surface area (Å²) in [7, 11) is 0. The maximum absolute atomic E-state index is 12.2. The van der Waals surface area contributed by atoms with Crippen LogP contribution in [0.1, 0.15) is 99.3 Å². The monoisotopic (exact) mass is 446 g/mol. The van der Waals surface area contributed by atoms with Gasteiger partial charge in [0.25, 0.3) is 0 Å². The highest BCUT2D eigenvalue weighted by Crippen LogP contribution is 2.74. The summed E-state index contributed by atoms with van der Waals surface area (Å²) in [6.45, 7) is 13.9. The summed E-state index contributed by atoms with van der Waals surface area (Å²) in [6.07, 6.45) is 8.09. The Morgan fingerprint density at radius 3 is 2.38 bits per heavy atom. The number of aliphatic hydroxyl groups is 2. The summed E-state index contributed by atoms with van der Waals surface area (Å²) < 4.78 is 5.71. The first-order valence-corrected chi connectivity index (χ1v) is 13.4. The van der Waals surface area contributed by atoms with Gasteiger partial charge in [-0.3, -0.25) is 4.79 Å². The second-order valence-corrected chi connectivity index (χ2v) is 13.8. The van der Waals surface area contributed by atoms with Crippen molar-refractivity contribution in [2.24, 2.45) is 45.8 Å². The molecule has 11 atom stereocenters. The molecule has 0 bridgehead atoms. The average Bonchev–Trinajstić information content (AvgIpc) is 3.20. The van der Waals surface area contributed by atoms with Gasteiger partial charge in [0, 0.05) is 12.8 Å². The second-order valence-electron chi connectivity index (χ2n) is 13.8. The number of Topliss-reactive ketones (excluding diaryl/α,β-unsaturated/α-hetero) is 1. The van der Waals surface area contributed by atoms with E-state index in [0.717, 1.165) is 38.5 Å². The highest BCUT2D eigenvalue weighted by Gasteiger charge is 2.69. The highest BCUT2D eigenvalue weighted by atomic mass is 16.6. The molecule has 5 fully saturated rings. The minimum atomic E-state index is -0.391. The van der Waals surface area contributed by atoms with Gasteiger partial charge in [0.15, 0.2) is 0 Å². The zero-order valence-corrected chi connectivity index (χ0v) is 21.2. The first-order chi connectivity index (χ1) is 14.8. The summed E-state index contributed by atoms with van der Waals surface area (Å²) in [6, 6.07) is 0. The average molecular weight is 447 g/mol. The standard InChI is InChI=1S/C28H46O4/c1-16(13-22(31)24-25(2,3)32-24)19-9-12-27(5)20(19)15-21(30)23-26(4)10-8-18(29)14-17(26)7-11-28(23,27)6/h16-17,19-24,30-31H,7-15H2,1-6H3/t16-,17+,19-,20-,21+,22+,23+,24+,26+,27+,28+/m1/s1. The SMILES string of the molecule is C[C@H](C[C@H](O)[C@@H]1OC1(C)C)[C@H]1CC[C@@]2(C)[C@@H]1C[C@H](O)[C@H]1[C@@]3(C)CCC(=O)C[C@@H]3CC[C@@]12C. The molecule has 4 heteroatoms. The molecule has 1 saturated heterocycles. The number of ether oxygens (including phenoxy) is 1. The van der Waals surface area contributed by atoms with Gasteiger partial charge in [-0.15, -0.1) is 0 Å². The maximum Gasteiger partial charge on any atom is 0.133 e. The van der Waals surface area contributed by atoms with E-state index >= 15 is 0 Å². The number of ketones is 1. The van der Waals surface area contributed by atoms with E-state index < -0.39 is 6.10 Å². The lowest BCUT2D eigenvalue weighted by Crippen LogP contribution is -2.64. The Kier molecular flexibility index (Phi) is 5.30. The second kappa shape index (κ2) is 7.28. The summed E-state index contributed by atoms with van der Waals surface area (Å²) in [5.74, 6) is 2.68. The van der Waals surface area contributed by atoms with Crippen LogP contribution < -0.4 is 0 Å². The minimum absolute atomic E-state index is 0.0270. The third-order valence-electron chi connectivity index (χ3n) is 12.0. The molecular weight excluding hydrogens is 400 g/mol.